The molecule has 15 heteroatoms. The maximum atomic E-state index is 11.7. The molecule has 2 aromatic carbocycles. The van der Waals surface area contributed by atoms with Gasteiger partial charge in [0.05, 0.1) is 10.6 Å². The molecule has 0 fully saturated rings. The lowest BCUT2D eigenvalue weighted by Crippen LogP contribution is -2.07. The van der Waals surface area contributed by atoms with Gasteiger partial charge in [-0.25, -0.2) is 0 Å². The zero-order chi connectivity index (χ0) is 22.2. The summed E-state index contributed by atoms with van der Waals surface area (Å²) in [6.07, 6.45) is 0.773. The third kappa shape index (κ3) is 4.87. The summed E-state index contributed by atoms with van der Waals surface area (Å²) < 4.78 is 97.4. The van der Waals surface area contributed by atoms with Crippen molar-refractivity contribution in [3.8, 4) is 12.1 Å². The summed E-state index contributed by atoms with van der Waals surface area (Å²) in [7, 11) is -15.0. The van der Waals surface area contributed by atoms with Gasteiger partial charge in [0.25, 0.3) is 30.4 Å². The normalized spacial score (nSPS) is 12.0. The predicted molar refractivity (Wildman–Crippen MR) is 96.3 cm³/mol. The smallest absolute Gasteiger partial charge is 0.296 e. The molecule has 0 aliphatic heterocycles. The third-order valence-corrected chi connectivity index (χ3v) is 6.07. The maximum absolute atomic E-state index is 11.7. The highest BCUT2D eigenvalue weighted by Gasteiger charge is 2.24. The number of nitrogens with zero attached hydrogens (tertiary/aromatic N) is 2. The average molecular weight is 459 g/mol. The first-order valence-corrected chi connectivity index (χ1v) is 11.3. The number of hydrogen-bond acceptors (Lipinski definition) is 9. The van der Waals surface area contributed by atoms with Crippen LogP contribution in [0.15, 0.2) is 50.7 Å². The van der Waals surface area contributed by atoms with Crippen LogP contribution in [0.4, 0.5) is 5.69 Å². The van der Waals surface area contributed by atoms with E-state index in [4.69, 9.17) is 15.1 Å². The minimum absolute atomic E-state index is 0.390. The molecular weight excluding hydrogens is 450 g/mol. The van der Waals surface area contributed by atoms with Crippen LogP contribution in [0, 0.1) is 22.7 Å². The number of rotatable bonds is 5. The lowest BCUT2D eigenvalue weighted by Gasteiger charge is -2.12. The van der Waals surface area contributed by atoms with Crippen molar-refractivity contribution in [3.05, 3.63) is 36.0 Å². The number of hydrogen-bond donors (Lipinski definition) is 4. The van der Waals surface area contributed by atoms with Crippen LogP contribution in [-0.2, 0) is 30.4 Å². The molecule has 4 N–H and O–H groups in total. The van der Waals surface area contributed by atoms with Crippen LogP contribution >= 0.6 is 0 Å². The van der Waals surface area contributed by atoms with E-state index in [1.54, 1.807) is 0 Å². The fraction of sp³-hybridized carbons (Fsp3) is 0. The molecule has 0 bridgehead atoms. The van der Waals surface area contributed by atoms with E-state index >= 15 is 0 Å². The zero-order valence-corrected chi connectivity index (χ0v) is 16.2. The highest BCUT2D eigenvalue weighted by Crippen LogP contribution is 2.34. The Morgan fingerprint density at radius 3 is 1.83 bits per heavy atom. The standard InChI is InChI=1S/C14H9N3O9S3/c15-5-8(6-16)7-17-12-4-11-9(2-14(12)29(24,25)26)1-10(27(18,19)20)3-13(11)28(21,22)23/h1-4,7,17H,(H,18,19,20)(H,21,22,23)(H,24,25,26). The van der Waals surface area contributed by atoms with Crippen LogP contribution in [0.5, 0.6) is 0 Å². The second kappa shape index (κ2) is 7.41. The molecule has 0 saturated heterocycles. The van der Waals surface area contributed by atoms with Gasteiger partial charge in [-0.05, 0) is 29.7 Å². The van der Waals surface area contributed by atoms with E-state index in [2.05, 4.69) is 5.32 Å². The monoisotopic (exact) mass is 459 g/mol. The van der Waals surface area contributed by atoms with Gasteiger partial charge in [0.2, 0.25) is 0 Å². The number of allylic oxidation sites excluding steroid dienone is 1. The molecule has 0 saturated carbocycles. The first-order valence-electron chi connectivity index (χ1n) is 6.99. The molecular formula is C14H9N3O9S3. The fourth-order valence-corrected chi connectivity index (χ4v) is 4.28. The van der Waals surface area contributed by atoms with Gasteiger partial charge in [-0.3, -0.25) is 13.7 Å². The molecule has 0 unspecified atom stereocenters. The minimum atomic E-state index is -5.05. The van der Waals surface area contributed by atoms with Crippen LogP contribution in [0.1, 0.15) is 0 Å². The molecule has 0 aromatic heterocycles. The Morgan fingerprint density at radius 1 is 0.828 bits per heavy atom. The van der Waals surface area contributed by atoms with E-state index in [1.165, 1.54) is 12.1 Å². The van der Waals surface area contributed by atoms with Gasteiger partial charge in [-0.2, -0.15) is 35.8 Å². The third-order valence-electron chi connectivity index (χ3n) is 3.45. The fourth-order valence-electron chi connectivity index (χ4n) is 2.26. The van der Waals surface area contributed by atoms with Crippen LogP contribution < -0.4 is 5.32 Å². The lowest BCUT2D eigenvalue weighted by atomic mass is 10.1. The molecule has 0 aliphatic carbocycles. The van der Waals surface area contributed by atoms with Gasteiger partial charge >= 0.3 is 0 Å². The van der Waals surface area contributed by atoms with Crippen molar-refractivity contribution in [2.75, 3.05) is 5.32 Å². The minimum Gasteiger partial charge on any atom is -0.359 e. The summed E-state index contributed by atoms with van der Waals surface area (Å²) in [4.78, 5) is -2.82. The van der Waals surface area contributed by atoms with E-state index in [0.717, 1.165) is 12.3 Å². The molecule has 12 nitrogen and oxygen atoms in total. The molecule has 0 amide bonds. The molecule has 2 rings (SSSR count). The SMILES string of the molecule is N#CC(C#N)=CNc1cc2c(S(=O)(=O)O)cc(S(=O)(=O)O)cc2cc1S(=O)(=O)O. The number of nitriles is 2. The lowest BCUT2D eigenvalue weighted by molar-refractivity contribution is 0.480. The Labute approximate surface area is 164 Å². The van der Waals surface area contributed by atoms with Crippen molar-refractivity contribution < 1.29 is 38.9 Å². The Bertz CT molecular complexity index is 1440. The Balaban J connectivity index is 3.02. The molecule has 0 radical (unpaired) electrons. The van der Waals surface area contributed by atoms with Gasteiger partial charge in [0.15, 0.2) is 0 Å². The molecule has 152 valence electrons. The van der Waals surface area contributed by atoms with E-state index in [9.17, 15) is 34.4 Å². The van der Waals surface area contributed by atoms with Gasteiger partial charge in [0, 0.05) is 11.6 Å². The molecule has 29 heavy (non-hydrogen) atoms. The quantitative estimate of drug-likeness (QED) is 0.362. The first kappa shape index (κ1) is 22.2. The summed E-state index contributed by atoms with van der Waals surface area (Å²) in [5.41, 5.74) is -0.990. The number of benzene rings is 2. The molecule has 2 aromatic rings. The van der Waals surface area contributed by atoms with Crippen LogP contribution in [0.3, 0.4) is 0 Å². The van der Waals surface area contributed by atoms with Crippen molar-refractivity contribution in [2.24, 2.45) is 0 Å². The summed E-state index contributed by atoms with van der Waals surface area (Å²) in [5.74, 6) is 0. The summed E-state index contributed by atoms with van der Waals surface area (Å²) >= 11 is 0. The number of anilines is 1. The van der Waals surface area contributed by atoms with Gasteiger partial charge in [0.1, 0.15) is 27.5 Å². The van der Waals surface area contributed by atoms with E-state index in [-0.39, 0.29) is 0 Å². The van der Waals surface area contributed by atoms with Crippen LogP contribution in [0.25, 0.3) is 10.8 Å². The molecule has 0 heterocycles. The highest BCUT2D eigenvalue weighted by molar-refractivity contribution is 7.87. The van der Waals surface area contributed by atoms with Gasteiger partial charge in [-0.1, -0.05) is 0 Å². The van der Waals surface area contributed by atoms with Gasteiger partial charge < -0.3 is 5.32 Å². The van der Waals surface area contributed by atoms with Gasteiger partial charge in [-0.15, -0.1) is 0 Å². The summed E-state index contributed by atoms with van der Waals surface area (Å²) in [5, 5.41) is 18.9. The van der Waals surface area contributed by atoms with Crippen LogP contribution in [-0.4, -0.2) is 38.9 Å². The van der Waals surface area contributed by atoms with Crippen molar-refractivity contribution in [2.45, 2.75) is 14.7 Å². The molecule has 0 aliphatic rings. The van der Waals surface area contributed by atoms with Crippen molar-refractivity contribution >= 4 is 46.8 Å². The molecule has 0 atom stereocenters. The number of nitrogens with one attached hydrogen (secondary N) is 1. The predicted octanol–water partition coefficient (Wildman–Crippen LogP) is 0.923. The Hall–Kier alpha value is -3.05. The summed E-state index contributed by atoms with van der Waals surface area (Å²) in [6, 6.07) is 5.58. The van der Waals surface area contributed by atoms with Crippen LogP contribution in [0.2, 0.25) is 0 Å². The van der Waals surface area contributed by atoms with E-state index in [0.29, 0.717) is 18.2 Å². The Morgan fingerprint density at radius 2 is 1.38 bits per heavy atom. The number of fused-ring (bicyclic) bond motifs is 1. The van der Waals surface area contributed by atoms with Crippen molar-refractivity contribution in [1.29, 1.82) is 10.5 Å². The average Bonchev–Trinajstić information content (AvgIpc) is 2.58. The second-order valence-corrected chi connectivity index (χ2v) is 9.54. The van der Waals surface area contributed by atoms with E-state index < -0.39 is 67.1 Å². The zero-order valence-electron chi connectivity index (χ0n) is 13.8. The summed E-state index contributed by atoms with van der Waals surface area (Å²) in [6.45, 7) is 0. The topological polar surface area (TPSA) is 223 Å². The highest BCUT2D eigenvalue weighted by atomic mass is 32.2. The second-order valence-electron chi connectivity index (χ2n) is 5.34. The largest absolute Gasteiger partial charge is 0.359 e. The van der Waals surface area contributed by atoms with Crippen molar-refractivity contribution in [3.63, 3.8) is 0 Å². The Kier molecular flexibility index (Phi) is 5.68. The van der Waals surface area contributed by atoms with Crippen molar-refractivity contribution in [1.82, 2.24) is 0 Å². The molecule has 0 spiro atoms. The first-order chi connectivity index (χ1) is 13.2. The van der Waals surface area contributed by atoms with E-state index in [1.807, 2.05) is 0 Å². The maximum Gasteiger partial charge on any atom is 0.296 e.